The van der Waals surface area contributed by atoms with Crippen LogP contribution in [0.15, 0.2) is 30.5 Å². The molecule has 1 aliphatic carbocycles. The van der Waals surface area contributed by atoms with Crippen molar-refractivity contribution < 1.29 is 14.3 Å². The van der Waals surface area contributed by atoms with E-state index in [-0.39, 0.29) is 17.4 Å². The Morgan fingerprint density at radius 3 is 2.93 bits per heavy atom. The number of ether oxygens (including phenoxy) is 1. The molecule has 2 aromatic rings. The van der Waals surface area contributed by atoms with Crippen LogP contribution in [0.3, 0.4) is 0 Å². The molecule has 1 saturated carbocycles. The number of carbonyl (C=O) groups excluding carboxylic acids is 2. The molecule has 2 amide bonds. The summed E-state index contributed by atoms with van der Waals surface area (Å²) in [6, 6.07) is 8.19. The van der Waals surface area contributed by atoms with Gasteiger partial charge in [0.25, 0.3) is 0 Å². The molecule has 0 bridgehead atoms. The Morgan fingerprint density at radius 2 is 2.14 bits per heavy atom. The number of fused-ring (bicyclic) bond motifs is 1. The first-order valence-electron chi connectivity index (χ1n) is 10.9. The second-order valence-electron chi connectivity index (χ2n) is 8.90. The zero-order valence-corrected chi connectivity index (χ0v) is 16.9. The number of aryl methyl sites for hydroxylation is 1. The van der Waals surface area contributed by atoms with Gasteiger partial charge < -0.3 is 19.5 Å². The van der Waals surface area contributed by atoms with Crippen LogP contribution in [0.4, 0.5) is 0 Å². The minimum Gasteiger partial charge on any atom is -0.379 e. The average Bonchev–Trinajstić information content (AvgIpc) is 3.31. The Hall–Kier alpha value is -2.34. The van der Waals surface area contributed by atoms with Crippen LogP contribution in [0.1, 0.15) is 37.7 Å². The van der Waals surface area contributed by atoms with Crippen molar-refractivity contribution in [2.45, 2.75) is 44.1 Å². The first-order valence-corrected chi connectivity index (χ1v) is 10.9. The van der Waals surface area contributed by atoms with Crippen LogP contribution < -0.4 is 0 Å². The summed E-state index contributed by atoms with van der Waals surface area (Å²) in [7, 11) is 0. The lowest BCUT2D eigenvalue weighted by molar-refractivity contribution is -0.138. The molecule has 1 atom stereocenters. The van der Waals surface area contributed by atoms with E-state index >= 15 is 0 Å². The summed E-state index contributed by atoms with van der Waals surface area (Å²) in [4.78, 5) is 33.3. The minimum atomic E-state index is -0.327. The third kappa shape index (κ3) is 3.66. The third-order valence-corrected chi connectivity index (χ3v) is 6.81. The number of rotatable bonds is 5. The van der Waals surface area contributed by atoms with Crippen LogP contribution in [0.2, 0.25) is 0 Å². The molecule has 2 aliphatic heterocycles. The maximum Gasteiger partial charge on any atom is 0.224 e. The number of para-hydroxylation sites is 1. The normalized spacial score (nSPS) is 25.2. The van der Waals surface area contributed by atoms with Crippen LogP contribution in [-0.4, -0.2) is 65.0 Å². The highest BCUT2D eigenvalue weighted by molar-refractivity contribution is 5.85. The number of aromatic amines is 1. The number of aromatic nitrogens is 1. The van der Waals surface area contributed by atoms with E-state index in [1.54, 1.807) is 0 Å². The Kier molecular flexibility index (Phi) is 4.82. The maximum atomic E-state index is 13.1. The van der Waals surface area contributed by atoms with E-state index in [1.807, 2.05) is 23.2 Å². The number of hydrogen-bond acceptors (Lipinski definition) is 3. The minimum absolute atomic E-state index is 0.141. The zero-order chi connectivity index (χ0) is 19.8. The molecule has 1 spiro atoms. The van der Waals surface area contributed by atoms with Crippen LogP contribution in [0, 0.1) is 5.92 Å². The van der Waals surface area contributed by atoms with Crippen LogP contribution in [0.25, 0.3) is 10.9 Å². The van der Waals surface area contributed by atoms with Gasteiger partial charge in [-0.05, 0) is 43.2 Å². The van der Waals surface area contributed by atoms with Crippen molar-refractivity contribution in [2.24, 2.45) is 5.92 Å². The van der Waals surface area contributed by atoms with Crippen molar-refractivity contribution in [3.63, 3.8) is 0 Å². The molecule has 3 aliphatic rings. The van der Waals surface area contributed by atoms with Gasteiger partial charge in [0.15, 0.2) is 0 Å². The molecular formula is C23H29N3O3. The molecule has 3 heterocycles. The van der Waals surface area contributed by atoms with Crippen molar-refractivity contribution >= 4 is 22.7 Å². The van der Waals surface area contributed by atoms with Crippen molar-refractivity contribution in [1.29, 1.82) is 0 Å². The van der Waals surface area contributed by atoms with E-state index in [4.69, 9.17) is 4.74 Å². The first kappa shape index (κ1) is 18.7. The number of hydrogen-bond donors (Lipinski definition) is 1. The molecule has 2 saturated heterocycles. The molecule has 6 heteroatoms. The number of nitrogens with zero attached hydrogens (tertiary/aromatic N) is 2. The molecule has 3 fully saturated rings. The Morgan fingerprint density at radius 1 is 1.28 bits per heavy atom. The molecule has 5 rings (SSSR count). The topological polar surface area (TPSA) is 65.6 Å². The first-order chi connectivity index (χ1) is 14.1. The zero-order valence-electron chi connectivity index (χ0n) is 16.9. The van der Waals surface area contributed by atoms with E-state index in [0.29, 0.717) is 51.5 Å². The summed E-state index contributed by atoms with van der Waals surface area (Å²) in [5.74, 6) is 0.970. The van der Waals surface area contributed by atoms with Crippen molar-refractivity contribution in [3.8, 4) is 0 Å². The van der Waals surface area contributed by atoms with Gasteiger partial charge in [0.1, 0.15) is 0 Å². The number of carbonyl (C=O) groups is 2. The molecule has 1 N–H and O–H groups in total. The van der Waals surface area contributed by atoms with E-state index in [9.17, 15) is 9.59 Å². The maximum absolute atomic E-state index is 13.1. The van der Waals surface area contributed by atoms with Crippen molar-refractivity contribution in [1.82, 2.24) is 14.8 Å². The fourth-order valence-corrected chi connectivity index (χ4v) is 4.89. The van der Waals surface area contributed by atoms with Crippen LogP contribution in [0.5, 0.6) is 0 Å². The lowest BCUT2D eigenvalue weighted by Crippen LogP contribution is -2.57. The summed E-state index contributed by atoms with van der Waals surface area (Å²) in [6.07, 6.45) is 6.87. The second kappa shape index (κ2) is 7.48. The van der Waals surface area contributed by atoms with Gasteiger partial charge in [-0.25, -0.2) is 0 Å². The largest absolute Gasteiger partial charge is 0.379 e. The third-order valence-electron chi connectivity index (χ3n) is 6.81. The molecule has 1 aromatic heterocycles. The van der Waals surface area contributed by atoms with E-state index in [2.05, 4.69) is 22.0 Å². The Balaban J connectivity index is 1.30. The van der Waals surface area contributed by atoms with E-state index < -0.39 is 0 Å². The second-order valence-corrected chi connectivity index (χ2v) is 8.90. The standard InChI is InChI=1S/C23H29N3O3/c27-21(8-7-18-13-24-20-4-2-1-3-19(18)20)25-11-9-22(28)26(14-17-5-6-17)23(15-25)10-12-29-16-23/h1-4,13,17,24H,5-12,14-16H2. The van der Waals surface area contributed by atoms with Gasteiger partial charge in [0, 0.05) is 56.2 Å². The molecular weight excluding hydrogens is 366 g/mol. The molecule has 29 heavy (non-hydrogen) atoms. The fraction of sp³-hybridized carbons (Fsp3) is 0.565. The lowest BCUT2D eigenvalue weighted by atomic mass is 9.94. The summed E-state index contributed by atoms with van der Waals surface area (Å²) in [5.41, 5.74) is 1.95. The predicted molar refractivity (Wildman–Crippen MR) is 110 cm³/mol. The lowest BCUT2D eigenvalue weighted by Gasteiger charge is -2.40. The highest BCUT2D eigenvalue weighted by Crippen LogP contribution is 2.37. The van der Waals surface area contributed by atoms with Gasteiger partial charge in [-0.1, -0.05) is 18.2 Å². The van der Waals surface area contributed by atoms with Gasteiger partial charge in [0.2, 0.25) is 11.8 Å². The van der Waals surface area contributed by atoms with Crippen molar-refractivity contribution in [2.75, 3.05) is 32.8 Å². The van der Waals surface area contributed by atoms with Gasteiger partial charge in [0.05, 0.1) is 12.1 Å². The summed E-state index contributed by atoms with van der Waals surface area (Å²) >= 11 is 0. The predicted octanol–water partition coefficient (Wildman–Crippen LogP) is 2.73. The summed E-state index contributed by atoms with van der Waals surface area (Å²) < 4.78 is 5.73. The smallest absolute Gasteiger partial charge is 0.224 e. The van der Waals surface area contributed by atoms with Crippen LogP contribution >= 0.6 is 0 Å². The van der Waals surface area contributed by atoms with E-state index in [0.717, 1.165) is 18.5 Å². The monoisotopic (exact) mass is 395 g/mol. The fourth-order valence-electron chi connectivity index (χ4n) is 4.89. The SMILES string of the molecule is O=C(CCc1c[nH]c2ccccc12)N1CCC(=O)N(CC2CC2)C2(CCOC2)C1. The number of benzene rings is 1. The highest BCUT2D eigenvalue weighted by Gasteiger charge is 2.48. The number of nitrogens with one attached hydrogen (secondary N) is 1. The summed E-state index contributed by atoms with van der Waals surface area (Å²) in [6.45, 7) is 3.19. The van der Waals surface area contributed by atoms with Gasteiger partial charge in [-0.3, -0.25) is 9.59 Å². The quantitative estimate of drug-likeness (QED) is 0.847. The van der Waals surface area contributed by atoms with Gasteiger partial charge in [-0.2, -0.15) is 0 Å². The molecule has 154 valence electrons. The van der Waals surface area contributed by atoms with Crippen molar-refractivity contribution in [3.05, 3.63) is 36.0 Å². The molecule has 1 unspecified atom stereocenters. The van der Waals surface area contributed by atoms with E-state index in [1.165, 1.54) is 23.8 Å². The molecule has 1 aromatic carbocycles. The molecule has 0 radical (unpaired) electrons. The number of H-pyrrole nitrogens is 1. The Bertz CT molecular complexity index is 911. The highest BCUT2D eigenvalue weighted by atomic mass is 16.5. The molecule has 6 nitrogen and oxygen atoms in total. The van der Waals surface area contributed by atoms with Gasteiger partial charge >= 0.3 is 0 Å². The number of amides is 2. The Labute approximate surface area is 171 Å². The average molecular weight is 396 g/mol. The van der Waals surface area contributed by atoms with Gasteiger partial charge in [-0.15, -0.1) is 0 Å². The van der Waals surface area contributed by atoms with Crippen LogP contribution in [-0.2, 0) is 20.7 Å². The summed E-state index contributed by atoms with van der Waals surface area (Å²) in [5, 5.41) is 1.18.